The fourth-order valence-electron chi connectivity index (χ4n) is 5.60. The first-order valence-electron chi connectivity index (χ1n) is 16.6. The number of hydrogen-bond donors (Lipinski definition) is 0. The van der Waals surface area contributed by atoms with E-state index in [9.17, 15) is 22.8 Å². The maximum atomic E-state index is 14.4. The predicted molar refractivity (Wildman–Crippen MR) is 193 cm³/mol. The molecular weight excluding hydrogens is 651 g/mol. The van der Waals surface area contributed by atoms with Gasteiger partial charge >= 0.3 is 6.18 Å². The summed E-state index contributed by atoms with van der Waals surface area (Å²) in [5.74, 6) is -0.676. The van der Waals surface area contributed by atoms with Crippen LogP contribution in [0.1, 0.15) is 27.9 Å². The number of rotatable bonds is 14. The Morgan fingerprint density at radius 2 is 1.39 bits per heavy atom. The van der Waals surface area contributed by atoms with Gasteiger partial charge in [-0.2, -0.15) is 13.2 Å². The molecule has 0 aliphatic heterocycles. The van der Waals surface area contributed by atoms with Crippen LogP contribution in [-0.4, -0.2) is 69.7 Å². The Morgan fingerprint density at radius 3 is 2.02 bits per heavy atom. The van der Waals surface area contributed by atoms with Gasteiger partial charge in [0.15, 0.2) is 0 Å². The monoisotopic (exact) mass is 691 g/mol. The van der Waals surface area contributed by atoms with Crippen LogP contribution in [0.15, 0.2) is 134 Å². The van der Waals surface area contributed by atoms with E-state index in [0.29, 0.717) is 25.2 Å². The van der Waals surface area contributed by atoms with Gasteiger partial charge in [-0.15, -0.1) is 0 Å². The lowest BCUT2D eigenvalue weighted by molar-refractivity contribution is -0.143. The molecule has 2 aromatic heterocycles. The molecule has 262 valence electrons. The summed E-state index contributed by atoms with van der Waals surface area (Å²) < 4.78 is 39.5. The number of aromatic nitrogens is 2. The largest absolute Gasteiger partial charge is 0.416 e. The highest BCUT2D eigenvalue weighted by Crippen LogP contribution is 2.29. The minimum atomic E-state index is -4.47. The van der Waals surface area contributed by atoms with E-state index < -0.39 is 23.7 Å². The van der Waals surface area contributed by atoms with Gasteiger partial charge in [0.05, 0.1) is 17.0 Å². The van der Waals surface area contributed by atoms with Crippen molar-refractivity contribution in [1.82, 2.24) is 24.7 Å². The zero-order chi connectivity index (χ0) is 36.2. The fraction of sp³-hybridized carbons (Fsp3) is 0.220. The summed E-state index contributed by atoms with van der Waals surface area (Å²) in [5.41, 5.74) is 3.97. The molecule has 7 nitrogen and oxygen atoms in total. The van der Waals surface area contributed by atoms with Gasteiger partial charge in [0.1, 0.15) is 6.04 Å². The van der Waals surface area contributed by atoms with E-state index in [1.807, 2.05) is 98.0 Å². The number of nitrogens with zero attached hydrogens (tertiary/aromatic N) is 5. The van der Waals surface area contributed by atoms with Crippen molar-refractivity contribution >= 4 is 17.9 Å². The van der Waals surface area contributed by atoms with Gasteiger partial charge in [-0.1, -0.05) is 78.9 Å². The van der Waals surface area contributed by atoms with Gasteiger partial charge in [0.25, 0.3) is 0 Å². The minimum Gasteiger partial charge on any atom is -0.343 e. The molecule has 0 spiro atoms. The molecule has 0 saturated carbocycles. The van der Waals surface area contributed by atoms with E-state index in [4.69, 9.17) is 0 Å². The number of carbonyl (C=O) groups is 2. The molecule has 10 heteroatoms. The molecule has 0 bridgehead atoms. The van der Waals surface area contributed by atoms with Crippen molar-refractivity contribution in [2.75, 3.05) is 27.2 Å². The van der Waals surface area contributed by atoms with Crippen LogP contribution in [0.4, 0.5) is 13.2 Å². The van der Waals surface area contributed by atoms with Gasteiger partial charge in [-0.05, 0) is 66.2 Å². The highest BCUT2D eigenvalue weighted by atomic mass is 19.4. The van der Waals surface area contributed by atoms with Crippen molar-refractivity contribution in [1.29, 1.82) is 0 Å². The number of hydrogen-bond acceptors (Lipinski definition) is 5. The Labute approximate surface area is 296 Å². The van der Waals surface area contributed by atoms with Crippen LogP contribution < -0.4 is 0 Å². The smallest absolute Gasteiger partial charge is 0.343 e. The Morgan fingerprint density at radius 1 is 0.725 bits per heavy atom. The first-order chi connectivity index (χ1) is 24.6. The van der Waals surface area contributed by atoms with Gasteiger partial charge in [-0.25, -0.2) is 0 Å². The number of carbonyl (C=O) groups excluding carboxylic acids is 2. The lowest BCUT2D eigenvalue weighted by Gasteiger charge is -2.34. The summed E-state index contributed by atoms with van der Waals surface area (Å²) in [6.45, 7) is 1.72. The zero-order valence-corrected chi connectivity index (χ0v) is 28.6. The lowest BCUT2D eigenvalue weighted by atomic mass is 10.0. The number of benzene rings is 3. The number of alkyl halides is 3. The standard InChI is InChI=1S/C41H40F3N5O2/c1-47(30-36-12-6-8-24-45-36)26-27-48(2)40(51)38(28-32-10-4-3-5-11-32)49(29-33-14-19-34(20-15-33)37-13-7-9-25-46-37)39(50)23-18-31-16-21-35(22-17-31)41(42,43)44/h3-25,38H,26-30H2,1-2H3/b23-18+/t38-/m0/s1. The second-order valence-electron chi connectivity index (χ2n) is 12.4. The highest BCUT2D eigenvalue weighted by Gasteiger charge is 2.32. The van der Waals surface area contributed by atoms with Crippen LogP contribution >= 0.6 is 0 Å². The van der Waals surface area contributed by atoms with E-state index >= 15 is 0 Å². The average molecular weight is 692 g/mol. The van der Waals surface area contributed by atoms with Crippen molar-refractivity contribution in [3.8, 4) is 11.3 Å². The summed E-state index contributed by atoms with van der Waals surface area (Å²) >= 11 is 0. The summed E-state index contributed by atoms with van der Waals surface area (Å²) in [6, 6.07) is 32.3. The Bertz CT molecular complexity index is 1870. The molecule has 3 aromatic carbocycles. The molecule has 0 aliphatic carbocycles. The Hall–Kier alpha value is -5.61. The van der Waals surface area contributed by atoms with Crippen LogP contribution in [0.5, 0.6) is 0 Å². The normalized spacial score (nSPS) is 12.2. The Kier molecular flexibility index (Phi) is 12.5. The predicted octanol–water partition coefficient (Wildman–Crippen LogP) is 7.41. The SMILES string of the molecule is CN(CCN(C)C(=O)[C@H](Cc1ccccc1)N(Cc1ccc(-c2ccccn2)cc1)C(=O)/C=C/c1ccc(C(F)(F)F)cc1)Cc1ccccn1. The van der Waals surface area contributed by atoms with Crippen LogP contribution in [0.2, 0.25) is 0 Å². The molecule has 5 aromatic rings. The van der Waals surface area contributed by atoms with E-state index in [1.165, 1.54) is 24.3 Å². The molecular formula is C41H40F3N5O2. The van der Waals surface area contributed by atoms with E-state index in [-0.39, 0.29) is 18.9 Å². The summed E-state index contributed by atoms with van der Waals surface area (Å²) in [5, 5.41) is 0. The second kappa shape index (κ2) is 17.4. The molecule has 51 heavy (non-hydrogen) atoms. The van der Waals surface area contributed by atoms with Gasteiger partial charge in [-0.3, -0.25) is 24.5 Å². The molecule has 0 unspecified atom stereocenters. The topological polar surface area (TPSA) is 69.6 Å². The molecule has 0 saturated heterocycles. The molecule has 0 N–H and O–H groups in total. The molecule has 2 heterocycles. The highest BCUT2D eigenvalue weighted by molar-refractivity contribution is 5.95. The minimum absolute atomic E-state index is 0.120. The average Bonchev–Trinajstić information content (AvgIpc) is 3.15. The third-order valence-corrected chi connectivity index (χ3v) is 8.49. The third-order valence-electron chi connectivity index (χ3n) is 8.49. The maximum absolute atomic E-state index is 14.4. The van der Waals surface area contributed by atoms with Crippen LogP contribution in [0.25, 0.3) is 17.3 Å². The number of amides is 2. The Balaban J connectivity index is 1.42. The maximum Gasteiger partial charge on any atom is 0.416 e. The van der Waals surface area contributed by atoms with Crippen molar-refractivity contribution in [2.24, 2.45) is 0 Å². The molecule has 1 atom stereocenters. The summed E-state index contributed by atoms with van der Waals surface area (Å²) in [4.78, 5) is 42.6. The van der Waals surface area contributed by atoms with Gasteiger partial charge in [0, 0.05) is 63.7 Å². The van der Waals surface area contributed by atoms with Crippen molar-refractivity contribution in [2.45, 2.75) is 31.7 Å². The number of halogens is 3. The third kappa shape index (κ3) is 10.7. The molecule has 5 rings (SSSR count). The lowest BCUT2D eigenvalue weighted by Crippen LogP contribution is -2.51. The van der Waals surface area contributed by atoms with E-state index in [1.54, 1.807) is 29.2 Å². The number of pyridine rings is 2. The molecule has 0 radical (unpaired) electrons. The first kappa shape index (κ1) is 36.7. The fourth-order valence-corrected chi connectivity index (χ4v) is 5.60. The van der Waals surface area contributed by atoms with Gasteiger partial charge < -0.3 is 9.80 Å². The van der Waals surface area contributed by atoms with Crippen LogP contribution in [0.3, 0.4) is 0 Å². The second-order valence-corrected chi connectivity index (χ2v) is 12.4. The number of likely N-dealkylation sites (N-methyl/N-ethyl adjacent to an activating group) is 2. The van der Waals surface area contributed by atoms with Crippen LogP contribution in [-0.2, 0) is 35.3 Å². The quantitative estimate of drug-likeness (QED) is 0.114. The van der Waals surface area contributed by atoms with Crippen molar-refractivity contribution < 1.29 is 22.8 Å². The summed E-state index contributed by atoms with van der Waals surface area (Å²) in [7, 11) is 3.70. The molecule has 0 aliphatic rings. The van der Waals surface area contributed by atoms with Gasteiger partial charge in [0.2, 0.25) is 11.8 Å². The summed E-state index contributed by atoms with van der Waals surface area (Å²) in [6.07, 6.45) is 2.05. The zero-order valence-electron chi connectivity index (χ0n) is 28.6. The molecule has 2 amide bonds. The van der Waals surface area contributed by atoms with E-state index in [2.05, 4.69) is 14.9 Å². The van der Waals surface area contributed by atoms with Crippen molar-refractivity contribution in [3.63, 3.8) is 0 Å². The van der Waals surface area contributed by atoms with Crippen LogP contribution in [0, 0.1) is 0 Å². The first-order valence-corrected chi connectivity index (χ1v) is 16.6. The molecule has 0 fully saturated rings. The van der Waals surface area contributed by atoms with E-state index in [0.717, 1.165) is 40.2 Å². The van der Waals surface area contributed by atoms with Crippen molar-refractivity contribution in [3.05, 3.63) is 162 Å².